The Morgan fingerprint density at radius 3 is 2.65 bits per heavy atom. The third-order valence-electron chi connectivity index (χ3n) is 2.99. The van der Waals surface area contributed by atoms with Crippen LogP contribution < -0.4 is 10.5 Å². The van der Waals surface area contributed by atoms with Gasteiger partial charge in [-0.25, -0.2) is 17.5 Å². The molecule has 1 aromatic carbocycles. The first-order valence-corrected chi connectivity index (χ1v) is 9.67. The number of thioether (sulfide) groups is 1. The van der Waals surface area contributed by atoms with Crippen LogP contribution in [0.25, 0.3) is 0 Å². The summed E-state index contributed by atoms with van der Waals surface area (Å²) >= 11 is 10.6. The van der Waals surface area contributed by atoms with Crippen molar-refractivity contribution in [3.8, 4) is 0 Å². The SMILES string of the molecule is Nc1c(F)c(S(=O)(=O)NC2CCSCC2)cc(Cl)c1Br. The number of nitrogen functional groups attached to an aromatic ring is 1. The molecule has 0 spiro atoms. The van der Waals surface area contributed by atoms with Gasteiger partial charge < -0.3 is 5.73 Å². The lowest BCUT2D eigenvalue weighted by atomic mass is 10.2. The molecule has 0 unspecified atom stereocenters. The van der Waals surface area contributed by atoms with Crippen LogP contribution in [0.5, 0.6) is 0 Å². The number of sulfonamides is 1. The van der Waals surface area contributed by atoms with Gasteiger partial charge in [-0.1, -0.05) is 11.6 Å². The highest BCUT2D eigenvalue weighted by atomic mass is 79.9. The molecule has 0 aromatic heterocycles. The summed E-state index contributed by atoms with van der Waals surface area (Å²) in [6, 6.07) is 0.890. The lowest BCUT2D eigenvalue weighted by Gasteiger charge is -2.22. The minimum Gasteiger partial charge on any atom is -0.395 e. The molecule has 0 atom stereocenters. The molecular weight excluding hydrogens is 391 g/mol. The molecule has 1 saturated heterocycles. The molecule has 0 aliphatic carbocycles. The molecule has 0 bridgehead atoms. The molecule has 1 fully saturated rings. The second-order valence-electron chi connectivity index (χ2n) is 4.41. The van der Waals surface area contributed by atoms with Gasteiger partial charge in [0.25, 0.3) is 0 Å². The molecule has 0 amide bonds. The quantitative estimate of drug-likeness (QED) is 0.601. The van der Waals surface area contributed by atoms with Crippen molar-refractivity contribution in [2.45, 2.75) is 23.8 Å². The van der Waals surface area contributed by atoms with Crippen molar-refractivity contribution in [3.05, 3.63) is 21.4 Å². The lowest BCUT2D eigenvalue weighted by Crippen LogP contribution is -2.37. The smallest absolute Gasteiger partial charge is 0.243 e. The number of nitrogens with two attached hydrogens (primary N) is 1. The normalized spacial score (nSPS) is 17.4. The first kappa shape index (κ1) is 16.4. The Kier molecular flexibility index (Phi) is 5.23. The third-order valence-corrected chi connectivity index (χ3v) is 6.94. The summed E-state index contributed by atoms with van der Waals surface area (Å²) in [6.45, 7) is 0. The van der Waals surface area contributed by atoms with Gasteiger partial charge in [-0.2, -0.15) is 11.8 Å². The van der Waals surface area contributed by atoms with Crippen LogP contribution in [-0.4, -0.2) is 26.0 Å². The fraction of sp³-hybridized carbons (Fsp3) is 0.455. The number of benzene rings is 1. The van der Waals surface area contributed by atoms with E-state index in [0.29, 0.717) is 0 Å². The minimum absolute atomic E-state index is 0.0588. The Balaban J connectivity index is 2.34. The Hall–Kier alpha value is -0.0200. The number of halogens is 3. The van der Waals surface area contributed by atoms with Crippen molar-refractivity contribution >= 4 is 55.0 Å². The van der Waals surface area contributed by atoms with E-state index in [9.17, 15) is 12.8 Å². The number of hydrogen-bond acceptors (Lipinski definition) is 4. The highest BCUT2D eigenvalue weighted by Gasteiger charge is 2.27. The van der Waals surface area contributed by atoms with Crippen molar-refractivity contribution in [2.24, 2.45) is 0 Å². The van der Waals surface area contributed by atoms with Crippen molar-refractivity contribution in [2.75, 3.05) is 17.2 Å². The van der Waals surface area contributed by atoms with E-state index in [0.717, 1.165) is 30.4 Å². The molecule has 20 heavy (non-hydrogen) atoms. The summed E-state index contributed by atoms with van der Waals surface area (Å²) in [5.41, 5.74) is 5.20. The molecule has 0 radical (unpaired) electrons. The zero-order valence-corrected chi connectivity index (χ0v) is 14.3. The van der Waals surface area contributed by atoms with Crippen LogP contribution in [0.3, 0.4) is 0 Å². The number of hydrogen-bond donors (Lipinski definition) is 2. The highest BCUT2D eigenvalue weighted by Crippen LogP contribution is 2.35. The molecule has 1 heterocycles. The molecule has 112 valence electrons. The van der Waals surface area contributed by atoms with Crippen molar-refractivity contribution in [1.29, 1.82) is 0 Å². The molecule has 1 aliphatic rings. The standard InChI is InChI=1S/C11H13BrClFN2O2S2/c12-9-7(13)5-8(10(14)11(9)15)20(17,18)16-6-1-3-19-4-2-6/h5-6,16H,1-4,15H2. The van der Waals surface area contributed by atoms with Crippen LogP contribution in [0.15, 0.2) is 15.4 Å². The minimum atomic E-state index is -3.97. The van der Waals surface area contributed by atoms with Crippen molar-refractivity contribution in [3.63, 3.8) is 0 Å². The lowest BCUT2D eigenvalue weighted by molar-refractivity contribution is 0.520. The van der Waals surface area contributed by atoms with Gasteiger partial charge in [0.2, 0.25) is 10.0 Å². The van der Waals surface area contributed by atoms with Gasteiger partial charge in [-0.15, -0.1) is 0 Å². The summed E-state index contributed by atoms with van der Waals surface area (Å²) < 4.78 is 41.2. The van der Waals surface area contributed by atoms with Crippen molar-refractivity contribution in [1.82, 2.24) is 4.72 Å². The van der Waals surface area contributed by atoms with Gasteiger partial charge in [-0.3, -0.25) is 0 Å². The average Bonchev–Trinajstić information content (AvgIpc) is 2.41. The monoisotopic (exact) mass is 402 g/mol. The topological polar surface area (TPSA) is 72.2 Å². The Labute approximate surface area is 134 Å². The molecule has 0 saturated carbocycles. The van der Waals surface area contributed by atoms with Gasteiger partial charge in [0.15, 0.2) is 5.82 Å². The van der Waals surface area contributed by atoms with Crippen LogP contribution in [0.4, 0.5) is 10.1 Å². The van der Waals surface area contributed by atoms with Crippen LogP contribution in [0.2, 0.25) is 5.02 Å². The second kappa shape index (κ2) is 6.39. The highest BCUT2D eigenvalue weighted by molar-refractivity contribution is 9.10. The summed E-state index contributed by atoms with van der Waals surface area (Å²) in [7, 11) is -3.97. The first-order chi connectivity index (χ1) is 9.33. The van der Waals surface area contributed by atoms with Crippen LogP contribution >= 0.6 is 39.3 Å². The average molecular weight is 404 g/mol. The van der Waals surface area contributed by atoms with E-state index in [-0.39, 0.29) is 21.2 Å². The third kappa shape index (κ3) is 3.41. The Morgan fingerprint density at radius 1 is 1.45 bits per heavy atom. The summed E-state index contributed by atoms with van der Waals surface area (Å²) in [5.74, 6) is 0.789. The maximum absolute atomic E-state index is 14.1. The van der Waals surface area contributed by atoms with Crippen molar-refractivity contribution < 1.29 is 12.8 Å². The van der Waals surface area contributed by atoms with E-state index in [1.165, 1.54) is 0 Å². The van der Waals surface area contributed by atoms with Crippen LogP contribution in [-0.2, 0) is 10.0 Å². The summed E-state index contributed by atoms with van der Waals surface area (Å²) in [5, 5.41) is 0.0588. The van der Waals surface area contributed by atoms with E-state index < -0.39 is 20.7 Å². The Morgan fingerprint density at radius 2 is 2.05 bits per heavy atom. The van der Waals surface area contributed by atoms with E-state index >= 15 is 0 Å². The van der Waals surface area contributed by atoms with Gasteiger partial charge in [-0.05, 0) is 46.3 Å². The van der Waals surface area contributed by atoms with Gasteiger partial charge >= 0.3 is 0 Å². The zero-order valence-electron chi connectivity index (χ0n) is 10.3. The Bertz CT molecular complexity index is 621. The zero-order chi connectivity index (χ0) is 14.9. The maximum atomic E-state index is 14.1. The second-order valence-corrected chi connectivity index (χ2v) is 8.51. The number of rotatable bonds is 3. The fourth-order valence-electron chi connectivity index (χ4n) is 1.89. The van der Waals surface area contributed by atoms with Gasteiger partial charge in [0.1, 0.15) is 4.90 Å². The molecule has 1 aromatic rings. The predicted octanol–water partition coefficient (Wildman–Crippen LogP) is 3.00. The maximum Gasteiger partial charge on any atom is 0.243 e. The molecule has 3 N–H and O–H groups in total. The predicted molar refractivity (Wildman–Crippen MR) is 84.2 cm³/mol. The summed E-state index contributed by atoms with van der Waals surface area (Å²) in [4.78, 5) is -0.513. The van der Waals surface area contributed by atoms with Gasteiger partial charge in [0.05, 0.1) is 15.2 Å². The fourth-order valence-corrected chi connectivity index (χ4v) is 4.98. The van der Waals surface area contributed by atoms with Gasteiger partial charge in [0, 0.05) is 6.04 Å². The molecule has 1 aliphatic heterocycles. The van der Waals surface area contributed by atoms with E-state index in [4.69, 9.17) is 17.3 Å². The van der Waals surface area contributed by atoms with Crippen LogP contribution in [0.1, 0.15) is 12.8 Å². The first-order valence-electron chi connectivity index (χ1n) is 5.86. The number of nitrogens with one attached hydrogen (secondary N) is 1. The van der Waals surface area contributed by atoms with E-state index in [1.807, 2.05) is 0 Å². The molecular formula is C11H13BrClFN2O2S2. The molecule has 2 rings (SSSR count). The van der Waals surface area contributed by atoms with E-state index in [1.54, 1.807) is 11.8 Å². The molecule has 4 nitrogen and oxygen atoms in total. The number of anilines is 1. The largest absolute Gasteiger partial charge is 0.395 e. The van der Waals surface area contributed by atoms with E-state index in [2.05, 4.69) is 20.7 Å². The van der Waals surface area contributed by atoms with Crippen LogP contribution in [0, 0.1) is 5.82 Å². The summed E-state index contributed by atoms with van der Waals surface area (Å²) in [6.07, 6.45) is 1.45. The molecule has 9 heteroatoms.